The van der Waals surface area contributed by atoms with Crippen molar-refractivity contribution in [3.8, 4) is 5.75 Å². The van der Waals surface area contributed by atoms with Crippen LogP contribution in [0, 0.1) is 18.8 Å². The molecule has 2 fully saturated rings. The fourth-order valence-electron chi connectivity index (χ4n) is 4.63. The van der Waals surface area contributed by atoms with Crippen molar-refractivity contribution in [2.45, 2.75) is 38.5 Å². The number of hydrogen-bond acceptors (Lipinski definition) is 6. The molecule has 0 spiro atoms. The zero-order chi connectivity index (χ0) is 20.4. The molecule has 0 unspecified atom stereocenters. The van der Waals surface area contributed by atoms with E-state index in [1.165, 1.54) is 12.7 Å². The highest BCUT2D eigenvalue weighted by molar-refractivity contribution is 5.89. The molecular formula is C23H28N2O4. The van der Waals surface area contributed by atoms with Gasteiger partial charge < -0.3 is 14.6 Å². The SMILES string of the molecule is COC(=O)c1ccc(O[C@@H]2C[C@@H]3CN(Cc4cccnc4C)C[C@@H]3C[C@H]2O)cc1. The normalized spacial score (nSPS) is 26.7. The quantitative estimate of drug-likeness (QED) is 0.784. The maximum Gasteiger partial charge on any atom is 0.337 e. The Morgan fingerprint density at radius 1 is 1.17 bits per heavy atom. The Balaban J connectivity index is 1.36. The Hall–Kier alpha value is -2.44. The highest BCUT2D eigenvalue weighted by Crippen LogP contribution is 2.38. The molecule has 6 nitrogen and oxygen atoms in total. The molecule has 4 atom stereocenters. The molecule has 1 aromatic carbocycles. The number of benzene rings is 1. The van der Waals surface area contributed by atoms with E-state index in [-0.39, 0.29) is 12.1 Å². The van der Waals surface area contributed by atoms with Crippen LogP contribution in [-0.4, -0.2) is 53.4 Å². The number of hydrogen-bond donors (Lipinski definition) is 1. The molecule has 0 bridgehead atoms. The number of esters is 1. The molecule has 1 saturated carbocycles. The van der Waals surface area contributed by atoms with Crippen molar-refractivity contribution in [3.05, 3.63) is 59.4 Å². The first-order chi connectivity index (χ1) is 14.0. The van der Waals surface area contributed by atoms with Gasteiger partial charge in [0, 0.05) is 31.5 Å². The van der Waals surface area contributed by atoms with E-state index in [1.807, 2.05) is 12.3 Å². The second-order valence-corrected chi connectivity index (χ2v) is 8.17. The molecule has 1 aliphatic heterocycles. The minimum absolute atomic E-state index is 0.222. The minimum Gasteiger partial charge on any atom is -0.488 e. The molecule has 6 heteroatoms. The van der Waals surface area contributed by atoms with Gasteiger partial charge in [0.2, 0.25) is 0 Å². The summed E-state index contributed by atoms with van der Waals surface area (Å²) in [7, 11) is 1.36. The molecule has 1 saturated heterocycles. The fourth-order valence-corrected chi connectivity index (χ4v) is 4.63. The van der Waals surface area contributed by atoms with Crippen LogP contribution in [0.2, 0.25) is 0 Å². The standard InChI is InChI=1S/C23H28N2O4/c1-15-17(4-3-9-24-15)12-25-13-18-10-21(26)22(11-19(18)14-25)29-20-7-5-16(6-8-20)23(27)28-2/h3-9,18-19,21-22,26H,10-14H2,1-2H3/t18-,19+,21+,22+/m0/s1. The average Bonchev–Trinajstić information content (AvgIpc) is 3.11. The van der Waals surface area contributed by atoms with Gasteiger partial charge in [0.15, 0.2) is 0 Å². The van der Waals surface area contributed by atoms with Gasteiger partial charge in [-0.15, -0.1) is 0 Å². The predicted molar refractivity (Wildman–Crippen MR) is 109 cm³/mol. The highest BCUT2D eigenvalue weighted by Gasteiger charge is 2.42. The van der Waals surface area contributed by atoms with Gasteiger partial charge in [-0.2, -0.15) is 0 Å². The van der Waals surface area contributed by atoms with Crippen molar-refractivity contribution < 1.29 is 19.4 Å². The monoisotopic (exact) mass is 396 g/mol. The van der Waals surface area contributed by atoms with Gasteiger partial charge in [0.1, 0.15) is 11.9 Å². The lowest BCUT2D eigenvalue weighted by atomic mass is 9.78. The molecule has 29 heavy (non-hydrogen) atoms. The highest BCUT2D eigenvalue weighted by atomic mass is 16.5. The number of aryl methyl sites for hydroxylation is 1. The number of aromatic nitrogens is 1. The summed E-state index contributed by atoms with van der Waals surface area (Å²) in [6, 6.07) is 11.0. The van der Waals surface area contributed by atoms with E-state index < -0.39 is 6.10 Å². The Morgan fingerprint density at radius 2 is 1.90 bits per heavy atom. The van der Waals surface area contributed by atoms with Crippen molar-refractivity contribution >= 4 is 5.97 Å². The maximum atomic E-state index is 11.6. The van der Waals surface area contributed by atoms with Gasteiger partial charge in [-0.25, -0.2) is 4.79 Å². The molecule has 154 valence electrons. The van der Waals surface area contributed by atoms with E-state index in [0.717, 1.165) is 38.2 Å². The zero-order valence-corrected chi connectivity index (χ0v) is 17.0. The topological polar surface area (TPSA) is 71.9 Å². The molecule has 1 N–H and O–H groups in total. The van der Waals surface area contributed by atoms with Crippen LogP contribution in [0.4, 0.5) is 0 Å². The first-order valence-electron chi connectivity index (χ1n) is 10.2. The van der Waals surface area contributed by atoms with Crippen LogP contribution in [-0.2, 0) is 11.3 Å². The van der Waals surface area contributed by atoms with E-state index >= 15 is 0 Å². The molecule has 1 aromatic heterocycles. The van der Waals surface area contributed by atoms with Crippen molar-refractivity contribution in [2.75, 3.05) is 20.2 Å². The van der Waals surface area contributed by atoms with Crippen LogP contribution in [0.3, 0.4) is 0 Å². The lowest BCUT2D eigenvalue weighted by Gasteiger charge is -2.35. The zero-order valence-electron chi connectivity index (χ0n) is 17.0. The average molecular weight is 396 g/mol. The van der Waals surface area contributed by atoms with Gasteiger partial charge in [-0.3, -0.25) is 9.88 Å². The summed E-state index contributed by atoms with van der Waals surface area (Å²) >= 11 is 0. The number of carbonyl (C=O) groups is 1. The van der Waals surface area contributed by atoms with E-state index in [4.69, 9.17) is 9.47 Å². The van der Waals surface area contributed by atoms with Crippen molar-refractivity contribution in [3.63, 3.8) is 0 Å². The molecule has 2 aliphatic rings. The summed E-state index contributed by atoms with van der Waals surface area (Å²) in [5.74, 6) is 1.33. The number of aliphatic hydroxyl groups is 1. The summed E-state index contributed by atoms with van der Waals surface area (Å²) in [5.41, 5.74) is 2.84. The molecule has 2 heterocycles. The van der Waals surface area contributed by atoms with E-state index in [9.17, 15) is 9.90 Å². The Bertz CT molecular complexity index is 854. The lowest BCUT2D eigenvalue weighted by molar-refractivity contribution is -0.0231. The molecular weight excluding hydrogens is 368 g/mol. The Labute approximate surface area is 171 Å². The molecule has 0 radical (unpaired) electrons. The minimum atomic E-state index is -0.475. The number of carbonyl (C=O) groups excluding carboxylic acids is 1. The number of likely N-dealkylation sites (tertiary alicyclic amines) is 1. The summed E-state index contributed by atoms with van der Waals surface area (Å²) in [4.78, 5) is 18.4. The van der Waals surface area contributed by atoms with Gasteiger partial charge >= 0.3 is 5.97 Å². The summed E-state index contributed by atoms with van der Waals surface area (Å²) in [5, 5.41) is 10.7. The van der Waals surface area contributed by atoms with Gasteiger partial charge in [-0.05, 0) is 67.5 Å². The van der Waals surface area contributed by atoms with Crippen LogP contribution in [0.25, 0.3) is 0 Å². The third-order valence-corrected chi connectivity index (χ3v) is 6.23. The number of aliphatic hydroxyl groups excluding tert-OH is 1. The third-order valence-electron chi connectivity index (χ3n) is 6.23. The van der Waals surface area contributed by atoms with Gasteiger partial charge in [0.25, 0.3) is 0 Å². The lowest BCUT2D eigenvalue weighted by Crippen LogP contribution is -2.42. The van der Waals surface area contributed by atoms with Crippen LogP contribution in [0.5, 0.6) is 5.75 Å². The number of ether oxygens (including phenoxy) is 2. The third kappa shape index (κ3) is 4.43. The summed E-state index contributed by atoms with van der Waals surface area (Å²) in [6.45, 7) is 4.99. The number of methoxy groups -OCH3 is 1. The second-order valence-electron chi connectivity index (χ2n) is 8.17. The molecule has 2 aromatic rings. The first kappa shape index (κ1) is 19.9. The van der Waals surface area contributed by atoms with Crippen LogP contribution in [0.15, 0.2) is 42.6 Å². The second kappa shape index (κ2) is 8.51. The first-order valence-corrected chi connectivity index (χ1v) is 10.2. The maximum absolute atomic E-state index is 11.6. The number of pyridine rings is 1. The largest absolute Gasteiger partial charge is 0.488 e. The van der Waals surface area contributed by atoms with E-state index in [2.05, 4.69) is 22.9 Å². The van der Waals surface area contributed by atoms with Gasteiger partial charge in [0.05, 0.1) is 18.8 Å². The van der Waals surface area contributed by atoms with Crippen molar-refractivity contribution in [2.24, 2.45) is 11.8 Å². The Morgan fingerprint density at radius 3 is 2.59 bits per heavy atom. The molecule has 1 aliphatic carbocycles. The van der Waals surface area contributed by atoms with Crippen LogP contribution < -0.4 is 4.74 Å². The smallest absolute Gasteiger partial charge is 0.337 e. The van der Waals surface area contributed by atoms with Crippen LogP contribution in [0.1, 0.15) is 34.5 Å². The summed E-state index contributed by atoms with van der Waals surface area (Å²) in [6.07, 6.45) is 2.74. The summed E-state index contributed by atoms with van der Waals surface area (Å²) < 4.78 is 10.8. The number of rotatable bonds is 5. The van der Waals surface area contributed by atoms with Crippen molar-refractivity contribution in [1.29, 1.82) is 0 Å². The predicted octanol–water partition coefficient (Wildman–Crippen LogP) is 2.83. The van der Waals surface area contributed by atoms with Crippen LogP contribution >= 0.6 is 0 Å². The van der Waals surface area contributed by atoms with Gasteiger partial charge in [-0.1, -0.05) is 6.07 Å². The van der Waals surface area contributed by atoms with Crippen molar-refractivity contribution in [1.82, 2.24) is 9.88 Å². The molecule has 0 amide bonds. The van der Waals surface area contributed by atoms with E-state index in [0.29, 0.717) is 23.1 Å². The fraction of sp³-hybridized carbons (Fsp3) is 0.478. The Kier molecular flexibility index (Phi) is 5.83. The number of nitrogens with zero attached hydrogens (tertiary/aromatic N) is 2. The number of fused-ring (bicyclic) bond motifs is 1. The van der Waals surface area contributed by atoms with E-state index in [1.54, 1.807) is 24.3 Å². The molecule has 4 rings (SSSR count).